The van der Waals surface area contributed by atoms with Crippen LogP contribution in [0.1, 0.15) is 20.3 Å². The van der Waals surface area contributed by atoms with Crippen LogP contribution in [0.3, 0.4) is 0 Å². The Morgan fingerprint density at radius 1 is 1.47 bits per heavy atom. The first-order valence-corrected chi connectivity index (χ1v) is 6.76. The summed E-state index contributed by atoms with van der Waals surface area (Å²) in [7, 11) is 0. The molecule has 2 atom stereocenters. The van der Waals surface area contributed by atoms with Gasteiger partial charge in [-0.05, 0) is 31.5 Å². The quantitative estimate of drug-likeness (QED) is 0.849. The zero-order chi connectivity index (χ0) is 14.4. The van der Waals surface area contributed by atoms with Crippen molar-refractivity contribution in [3.05, 3.63) is 28.2 Å². The monoisotopic (exact) mass is 305 g/mol. The summed E-state index contributed by atoms with van der Waals surface area (Å²) >= 11 is 11.7. The number of carbonyl (C=O) groups excluding carboxylic acids is 1. The molecule has 0 aliphatic rings. The minimum atomic E-state index is -0.709. The summed E-state index contributed by atoms with van der Waals surface area (Å²) in [6, 6.07) is 4.53. The van der Waals surface area contributed by atoms with Gasteiger partial charge in [-0.2, -0.15) is 0 Å². The van der Waals surface area contributed by atoms with Crippen LogP contribution in [0.4, 0.5) is 0 Å². The highest BCUT2D eigenvalue weighted by atomic mass is 35.5. The molecule has 106 valence electrons. The van der Waals surface area contributed by atoms with Crippen molar-refractivity contribution in [1.82, 2.24) is 5.32 Å². The Bertz CT molecular complexity index is 436. The lowest BCUT2D eigenvalue weighted by atomic mass is 10.2. The molecule has 1 rings (SSSR count). The molecule has 0 spiro atoms. The van der Waals surface area contributed by atoms with E-state index in [1.165, 1.54) is 0 Å². The molecular weight excluding hydrogens is 289 g/mol. The number of carbonyl (C=O) groups is 1. The number of hydrogen-bond donors (Lipinski definition) is 2. The lowest BCUT2D eigenvalue weighted by Gasteiger charge is -2.19. The van der Waals surface area contributed by atoms with Crippen molar-refractivity contribution < 1.29 is 14.6 Å². The first-order chi connectivity index (χ1) is 8.97. The summed E-state index contributed by atoms with van der Waals surface area (Å²) in [4.78, 5) is 11.8. The van der Waals surface area contributed by atoms with Crippen LogP contribution in [0, 0.1) is 0 Å². The van der Waals surface area contributed by atoms with Gasteiger partial charge in [0.25, 0.3) is 5.91 Å². The van der Waals surface area contributed by atoms with Crippen molar-refractivity contribution in [1.29, 1.82) is 0 Å². The van der Waals surface area contributed by atoms with E-state index in [9.17, 15) is 4.79 Å². The molecule has 0 bridgehead atoms. The summed E-state index contributed by atoms with van der Waals surface area (Å²) in [6.07, 6.45) is -0.0595. The molecule has 0 saturated heterocycles. The van der Waals surface area contributed by atoms with E-state index >= 15 is 0 Å². The first kappa shape index (κ1) is 16.1. The van der Waals surface area contributed by atoms with Crippen molar-refractivity contribution in [2.24, 2.45) is 0 Å². The van der Waals surface area contributed by atoms with E-state index in [4.69, 9.17) is 33.0 Å². The number of halogens is 2. The molecule has 0 radical (unpaired) electrons. The third kappa shape index (κ3) is 4.90. The highest BCUT2D eigenvalue weighted by molar-refractivity contribution is 6.35. The second kappa shape index (κ2) is 7.58. The normalized spacial score (nSPS) is 13.7. The Hall–Kier alpha value is -0.970. The molecule has 0 fully saturated rings. The van der Waals surface area contributed by atoms with Crippen molar-refractivity contribution >= 4 is 29.1 Å². The molecule has 0 aliphatic heterocycles. The van der Waals surface area contributed by atoms with Crippen molar-refractivity contribution in [3.63, 3.8) is 0 Å². The van der Waals surface area contributed by atoms with E-state index in [1.807, 2.05) is 6.92 Å². The fraction of sp³-hybridized carbons (Fsp3) is 0.462. The highest BCUT2D eigenvalue weighted by Crippen LogP contribution is 2.28. The van der Waals surface area contributed by atoms with Gasteiger partial charge in [0.2, 0.25) is 0 Å². The van der Waals surface area contributed by atoms with Gasteiger partial charge in [-0.1, -0.05) is 30.1 Å². The minimum Gasteiger partial charge on any atom is -0.479 e. The molecule has 6 heteroatoms. The predicted octanol–water partition coefficient (Wildman–Crippen LogP) is 2.65. The topological polar surface area (TPSA) is 58.6 Å². The number of amides is 1. The van der Waals surface area contributed by atoms with Gasteiger partial charge in [0.1, 0.15) is 5.75 Å². The van der Waals surface area contributed by atoms with Crippen LogP contribution in [-0.2, 0) is 4.79 Å². The third-order valence-corrected chi connectivity index (χ3v) is 3.16. The number of rotatable bonds is 6. The lowest BCUT2D eigenvalue weighted by molar-refractivity contribution is -0.128. The molecule has 1 amide bonds. The Morgan fingerprint density at radius 3 is 2.68 bits per heavy atom. The van der Waals surface area contributed by atoms with Crippen LogP contribution in [-0.4, -0.2) is 29.8 Å². The number of nitrogens with one attached hydrogen (secondary N) is 1. The zero-order valence-electron chi connectivity index (χ0n) is 10.8. The standard InChI is InChI=1S/C13H17Cl2NO3/c1-3-10(7-17)16-13(18)8(2)19-12-5-4-9(14)6-11(12)15/h4-6,8,10,17H,3,7H2,1-2H3,(H,16,18)/t8?,10-/m1/s1. The number of hydrogen-bond acceptors (Lipinski definition) is 3. The largest absolute Gasteiger partial charge is 0.479 e. The minimum absolute atomic E-state index is 0.101. The van der Waals surface area contributed by atoms with Crippen LogP contribution in [0.15, 0.2) is 18.2 Å². The highest BCUT2D eigenvalue weighted by Gasteiger charge is 2.18. The molecule has 1 aromatic carbocycles. The van der Waals surface area contributed by atoms with Crippen LogP contribution >= 0.6 is 23.2 Å². The average molecular weight is 306 g/mol. The molecule has 0 aromatic heterocycles. The number of aliphatic hydroxyl groups is 1. The van der Waals surface area contributed by atoms with Crippen LogP contribution < -0.4 is 10.1 Å². The Balaban J connectivity index is 2.63. The summed E-state index contributed by atoms with van der Waals surface area (Å²) in [6.45, 7) is 3.39. The van der Waals surface area contributed by atoms with Gasteiger partial charge in [0.05, 0.1) is 17.7 Å². The van der Waals surface area contributed by atoms with E-state index in [0.717, 1.165) is 0 Å². The molecule has 4 nitrogen and oxygen atoms in total. The van der Waals surface area contributed by atoms with E-state index in [-0.39, 0.29) is 18.6 Å². The van der Waals surface area contributed by atoms with Gasteiger partial charge in [-0.15, -0.1) is 0 Å². The third-order valence-electron chi connectivity index (χ3n) is 2.63. The molecule has 1 aromatic rings. The predicted molar refractivity (Wildman–Crippen MR) is 75.9 cm³/mol. The zero-order valence-corrected chi connectivity index (χ0v) is 12.3. The van der Waals surface area contributed by atoms with Crippen molar-refractivity contribution in [3.8, 4) is 5.75 Å². The molecule has 0 heterocycles. The molecule has 1 unspecified atom stereocenters. The van der Waals surface area contributed by atoms with Gasteiger partial charge >= 0.3 is 0 Å². The number of benzene rings is 1. The van der Waals surface area contributed by atoms with Gasteiger partial charge in [-0.3, -0.25) is 4.79 Å². The molecule has 19 heavy (non-hydrogen) atoms. The molecule has 0 saturated carbocycles. The molecular formula is C13H17Cl2NO3. The van der Waals surface area contributed by atoms with E-state index in [0.29, 0.717) is 22.2 Å². The fourth-order valence-electron chi connectivity index (χ4n) is 1.41. The Labute approximate surface area is 122 Å². The van der Waals surface area contributed by atoms with Crippen molar-refractivity contribution in [2.75, 3.05) is 6.61 Å². The number of ether oxygens (including phenoxy) is 1. The van der Waals surface area contributed by atoms with Gasteiger partial charge in [-0.25, -0.2) is 0 Å². The summed E-state index contributed by atoms with van der Waals surface area (Å²) in [5.41, 5.74) is 0. The summed E-state index contributed by atoms with van der Waals surface area (Å²) in [5.74, 6) is 0.0951. The van der Waals surface area contributed by atoms with E-state index in [2.05, 4.69) is 5.32 Å². The fourth-order valence-corrected chi connectivity index (χ4v) is 1.86. The smallest absolute Gasteiger partial charge is 0.261 e. The maximum atomic E-state index is 11.8. The second-order valence-corrected chi connectivity index (χ2v) is 4.97. The second-order valence-electron chi connectivity index (χ2n) is 4.13. The number of aliphatic hydroxyl groups excluding tert-OH is 1. The SMILES string of the molecule is CC[C@H](CO)NC(=O)C(C)Oc1ccc(Cl)cc1Cl. The van der Waals surface area contributed by atoms with Crippen molar-refractivity contribution in [2.45, 2.75) is 32.4 Å². The van der Waals surface area contributed by atoms with Gasteiger partial charge in [0, 0.05) is 5.02 Å². The summed E-state index contributed by atoms with van der Waals surface area (Å²) < 4.78 is 5.47. The van der Waals surface area contributed by atoms with Crippen LogP contribution in [0.25, 0.3) is 0 Å². The van der Waals surface area contributed by atoms with E-state index in [1.54, 1.807) is 25.1 Å². The molecule has 0 aliphatic carbocycles. The lowest BCUT2D eigenvalue weighted by Crippen LogP contribution is -2.43. The first-order valence-electron chi connectivity index (χ1n) is 6.00. The van der Waals surface area contributed by atoms with Gasteiger partial charge < -0.3 is 15.2 Å². The average Bonchev–Trinajstić information content (AvgIpc) is 2.38. The maximum absolute atomic E-state index is 11.8. The van der Waals surface area contributed by atoms with Gasteiger partial charge in [0.15, 0.2) is 6.10 Å². The Kier molecular flexibility index (Phi) is 6.42. The Morgan fingerprint density at radius 2 is 2.16 bits per heavy atom. The maximum Gasteiger partial charge on any atom is 0.261 e. The summed E-state index contributed by atoms with van der Waals surface area (Å²) in [5, 5.41) is 12.6. The van der Waals surface area contributed by atoms with Crippen LogP contribution in [0.5, 0.6) is 5.75 Å². The van der Waals surface area contributed by atoms with Crippen LogP contribution in [0.2, 0.25) is 10.0 Å². The molecule has 2 N–H and O–H groups in total. The van der Waals surface area contributed by atoms with E-state index < -0.39 is 6.10 Å².